The number of rotatable bonds is 1. The Bertz CT molecular complexity index is 495. The van der Waals surface area contributed by atoms with Crippen molar-refractivity contribution in [2.75, 3.05) is 7.11 Å². The van der Waals surface area contributed by atoms with Crippen LogP contribution >= 0.6 is 12.4 Å². The first-order valence-electron chi connectivity index (χ1n) is 3.84. The van der Waals surface area contributed by atoms with Crippen LogP contribution < -0.4 is 10.3 Å². The molecule has 0 bridgehead atoms. The number of benzene rings is 1. The zero-order valence-electron chi connectivity index (χ0n) is 7.48. The number of nitrogens with one attached hydrogen (secondary N) is 1. The van der Waals surface area contributed by atoms with Gasteiger partial charge in [0.25, 0.3) is 11.6 Å². The lowest BCUT2D eigenvalue weighted by Crippen LogP contribution is -2.09. The summed E-state index contributed by atoms with van der Waals surface area (Å²) in [5, 5.41) is 0.573. The standard InChI is InChI=1S/C9H8N2O2.ClH/c1-13-9-10-7-5-3-2-4-6(7)8(12)11-9;/h2-5H,1H3,(H,10,11,12);1H. The molecular formula is C9H9ClN2O2. The molecule has 0 amide bonds. The highest BCUT2D eigenvalue weighted by molar-refractivity contribution is 5.85. The van der Waals surface area contributed by atoms with Crippen molar-refractivity contribution in [1.82, 2.24) is 9.97 Å². The number of methoxy groups -OCH3 is 1. The van der Waals surface area contributed by atoms with E-state index in [0.29, 0.717) is 10.9 Å². The number of nitrogens with zero attached hydrogens (tertiary/aromatic N) is 1. The van der Waals surface area contributed by atoms with E-state index in [9.17, 15) is 4.79 Å². The minimum absolute atomic E-state index is 0. The highest BCUT2D eigenvalue weighted by Crippen LogP contribution is 2.08. The summed E-state index contributed by atoms with van der Waals surface area (Å²) in [4.78, 5) is 18.0. The second-order valence-electron chi connectivity index (χ2n) is 2.59. The van der Waals surface area contributed by atoms with E-state index in [2.05, 4.69) is 9.97 Å². The lowest BCUT2D eigenvalue weighted by atomic mass is 10.2. The molecule has 4 nitrogen and oxygen atoms in total. The van der Waals surface area contributed by atoms with Crippen molar-refractivity contribution in [3.05, 3.63) is 34.6 Å². The van der Waals surface area contributed by atoms with Crippen LogP contribution in [0.5, 0.6) is 6.01 Å². The van der Waals surface area contributed by atoms with Crippen LogP contribution in [-0.4, -0.2) is 17.1 Å². The smallest absolute Gasteiger partial charge is 0.296 e. The summed E-state index contributed by atoms with van der Waals surface area (Å²) in [7, 11) is 1.47. The first-order valence-corrected chi connectivity index (χ1v) is 3.84. The maximum Gasteiger partial charge on any atom is 0.296 e. The number of hydrogen-bond acceptors (Lipinski definition) is 3. The summed E-state index contributed by atoms with van der Waals surface area (Å²) in [6.45, 7) is 0. The zero-order chi connectivity index (χ0) is 9.26. The number of halogens is 1. The molecular weight excluding hydrogens is 204 g/mol. The predicted octanol–water partition coefficient (Wildman–Crippen LogP) is 1.35. The average Bonchev–Trinajstić information content (AvgIpc) is 2.18. The number of aromatic amines is 1. The first-order chi connectivity index (χ1) is 6.31. The molecule has 2 rings (SSSR count). The van der Waals surface area contributed by atoms with Crippen molar-refractivity contribution in [1.29, 1.82) is 0 Å². The molecule has 0 fully saturated rings. The number of hydrogen-bond donors (Lipinski definition) is 1. The quantitative estimate of drug-likeness (QED) is 0.777. The molecule has 1 heterocycles. The van der Waals surface area contributed by atoms with E-state index < -0.39 is 0 Å². The van der Waals surface area contributed by atoms with Gasteiger partial charge in [0.1, 0.15) is 0 Å². The molecule has 0 atom stereocenters. The third-order valence-electron chi connectivity index (χ3n) is 1.78. The Labute approximate surface area is 86.3 Å². The van der Waals surface area contributed by atoms with Crippen LogP contribution in [0.15, 0.2) is 29.1 Å². The molecule has 5 heteroatoms. The fourth-order valence-corrected chi connectivity index (χ4v) is 1.16. The highest BCUT2D eigenvalue weighted by atomic mass is 35.5. The molecule has 1 aromatic heterocycles. The van der Waals surface area contributed by atoms with E-state index in [4.69, 9.17) is 4.74 Å². The van der Waals surface area contributed by atoms with Gasteiger partial charge >= 0.3 is 0 Å². The van der Waals surface area contributed by atoms with Crippen LogP contribution in [-0.2, 0) is 0 Å². The number of para-hydroxylation sites is 1. The third-order valence-corrected chi connectivity index (χ3v) is 1.78. The molecule has 2 aromatic rings. The Balaban J connectivity index is 0.000000980. The number of aromatic nitrogens is 2. The van der Waals surface area contributed by atoms with Gasteiger partial charge in [-0.15, -0.1) is 12.4 Å². The van der Waals surface area contributed by atoms with Crippen molar-refractivity contribution in [2.45, 2.75) is 0 Å². The number of fused-ring (bicyclic) bond motifs is 1. The van der Waals surface area contributed by atoms with Crippen molar-refractivity contribution >= 4 is 23.3 Å². The molecule has 1 aromatic carbocycles. The Hall–Kier alpha value is -1.55. The zero-order valence-corrected chi connectivity index (χ0v) is 8.30. The minimum atomic E-state index is -0.178. The highest BCUT2D eigenvalue weighted by Gasteiger charge is 2.01. The molecule has 1 N–H and O–H groups in total. The fourth-order valence-electron chi connectivity index (χ4n) is 1.16. The first kappa shape index (κ1) is 10.5. The third kappa shape index (κ3) is 1.70. The van der Waals surface area contributed by atoms with Gasteiger partial charge in [0, 0.05) is 0 Å². The fraction of sp³-hybridized carbons (Fsp3) is 0.111. The maximum atomic E-state index is 11.4. The van der Waals surface area contributed by atoms with Crippen molar-refractivity contribution in [3.63, 3.8) is 0 Å². The lowest BCUT2D eigenvalue weighted by molar-refractivity contribution is 0.380. The molecule has 74 valence electrons. The van der Waals surface area contributed by atoms with E-state index in [1.165, 1.54) is 7.11 Å². The SMILES string of the molecule is COc1nc2ccccc2c(=O)[nH]1.Cl. The van der Waals surface area contributed by atoms with E-state index in [1.807, 2.05) is 6.07 Å². The molecule has 0 aliphatic rings. The van der Waals surface area contributed by atoms with Crippen LogP contribution in [0.2, 0.25) is 0 Å². The average molecular weight is 213 g/mol. The van der Waals surface area contributed by atoms with E-state index >= 15 is 0 Å². The Kier molecular flexibility index (Phi) is 3.09. The second kappa shape index (κ2) is 4.11. The molecule has 0 aliphatic heterocycles. The summed E-state index contributed by atoms with van der Waals surface area (Å²) in [5.74, 6) is 0. The Morgan fingerprint density at radius 3 is 2.79 bits per heavy atom. The molecule has 0 saturated heterocycles. The Morgan fingerprint density at radius 2 is 2.07 bits per heavy atom. The van der Waals surface area contributed by atoms with Gasteiger partial charge in [-0.05, 0) is 12.1 Å². The molecule has 14 heavy (non-hydrogen) atoms. The lowest BCUT2D eigenvalue weighted by Gasteiger charge is -1.99. The monoisotopic (exact) mass is 212 g/mol. The van der Waals surface area contributed by atoms with Crippen LogP contribution in [0.1, 0.15) is 0 Å². The summed E-state index contributed by atoms with van der Waals surface area (Å²) >= 11 is 0. The van der Waals surface area contributed by atoms with E-state index in [1.54, 1.807) is 18.2 Å². The van der Waals surface area contributed by atoms with Gasteiger partial charge in [0.05, 0.1) is 18.0 Å². The van der Waals surface area contributed by atoms with Gasteiger partial charge in [0.2, 0.25) is 0 Å². The maximum absolute atomic E-state index is 11.4. The van der Waals surface area contributed by atoms with Gasteiger partial charge in [-0.1, -0.05) is 12.1 Å². The molecule has 0 radical (unpaired) electrons. The second-order valence-corrected chi connectivity index (χ2v) is 2.59. The molecule has 0 spiro atoms. The van der Waals surface area contributed by atoms with E-state index in [0.717, 1.165) is 0 Å². The van der Waals surface area contributed by atoms with Crippen LogP contribution in [0, 0.1) is 0 Å². The molecule has 0 saturated carbocycles. The van der Waals surface area contributed by atoms with Gasteiger partial charge in [-0.25, -0.2) is 0 Å². The predicted molar refractivity (Wildman–Crippen MR) is 56.2 cm³/mol. The topological polar surface area (TPSA) is 55.0 Å². The normalized spacial score (nSPS) is 9.50. The minimum Gasteiger partial charge on any atom is -0.468 e. The van der Waals surface area contributed by atoms with Crippen molar-refractivity contribution in [2.24, 2.45) is 0 Å². The van der Waals surface area contributed by atoms with Gasteiger partial charge < -0.3 is 4.74 Å². The van der Waals surface area contributed by atoms with Gasteiger partial charge in [-0.3, -0.25) is 9.78 Å². The Morgan fingerprint density at radius 1 is 1.36 bits per heavy atom. The van der Waals surface area contributed by atoms with Crippen LogP contribution in [0.25, 0.3) is 10.9 Å². The van der Waals surface area contributed by atoms with Crippen LogP contribution in [0.3, 0.4) is 0 Å². The van der Waals surface area contributed by atoms with Crippen molar-refractivity contribution < 1.29 is 4.74 Å². The number of H-pyrrole nitrogens is 1. The largest absolute Gasteiger partial charge is 0.468 e. The summed E-state index contributed by atoms with van der Waals surface area (Å²) in [6.07, 6.45) is 0. The summed E-state index contributed by atoms with van der Waals surface area (Å²) in [6, 6.07) is 7.36. The molecule has 0 unspecified atom stereocenters. The molecule has 0 aliphatic carbocycles. The van der Waals surface area contributed by atoms with Crippen LogP contribution in [0.4, 0.5) is 0 Å². The summed E-state index contributed by atoms with van der Waals surface area (Å²) < 4.78 is 4.84. The van der Waals surface area contributed by atoms with Gasteiger partial charge in [0.15, 0.2) is 0 Å². The van der Waals surface area contributed by atoms with E-state index in [-0.39, 0.29) is 24.0 Å². The summed E-state index contributed by atoms with van der Waals surface area (Å²) in [5.41, 5.74) is 0.463. The van der Waals surface area contributed by atoms with Gasteiger partial charge in [-0.2, -0.15) is 4.98 Å². The number of ether oxygens (including phenoxy) is 1. The van der Waals surface area contributed by atoms with Crippen molar-refractivity contribution in [3.8, 4) is 6.01 Å².